The average molecular weight is 261 g/mol. The molecule has 4 nitrogen and oxygen atoms in total. The lowest BCUT2D eigenvalue weighted by Gasteiger charge is -2.13. The van der Waals surface area contributed by atoms with Crippen molar-refractivity contribution in [1.82, 2.24) is 5.32 Å². The highest BCUT2D eigenvalue weighted by Gasteiger charge is 2.21. The van der Waals surface area contributed by atoms with Crippen LogP contribution in [0.15, 0.2) is 24.3 Å². The topological polar surface area (TPSA) is 58.6 Å². The maximum absolute atomic E-state index is 11.0. The molecule has 0 radical (unpaired) electrons. The van der Waals surface area contributed by atoms with E-state index in [0.29, 0.717) is 12.6 Å². The Hall–Kier alpha value is -1.65. The van der Waals surface area contributed by atoms with Crippen molar-refractivity contribution in [2.75, 3.05) is 20.3 Å². The van der Waals surface area contributed by atoms with Crippen molar-refractivity contribution in [2.45, 2.75) is 18.9 Å². The molecule has 0 fully saturated rings. The second-order valence-electron chi connectivity index (χ2n) is 4.58. The number of fused-ring (bicyclic) bond motifs is 1. The van der Waals surface area contributed by atoms with E-state index in [1.807, 2.05) is 6.07 Å². The molecule has 1 aromatic rings. The quantitative estimate of drug-likeness (QED) is 0.622. The molecule has 102 valence electrons. The number of nitrogens with one attached hydrogen (secondary N) is 1. The molecule has 1 atom stereocenters. The van der Waals surface area contributed by atoms with Crippen molar-refractivity contribution < 1.29 is 14.6 Å². The predicted molar refractivity (Wildman–Crippen MR) is 73.6 cm³/mol. The lowest BCUT2D eigenvalue weighted by molar-refractivity contribution is -0.134. The van der Waals surface area contributed by atoms with Crippen LogP contribution in [0.5, 0.6) is 0 Å². The molecule has 0 saturated carbocycles. The van der Waals surface area contributed by atoms with Crippen LogP contribution in [0, 0.1) is 0 Å². The molecule has 0 spiro atoms. The monoisotopic (exact) mass is 261 g/mol. The average Bonchev–Trinajstić information content (AvgIpc) is 2.84. The molecule has 4 heteroatoms. The summed E-state index contributed by atoms with van der Waals surface area (Å²) in [5, 5.41) is 12.2. The van der Waals surface area contributed by atoms with Gasteiger partial charge in [-0.3, -0.25) is 0 Å². The van der Waals surface area contributed by atoms with Crippen LogP contribution in [0.4, 0.5) is 0 Å². The minimum atomic E-state index is -0.344. The Morgan fingerprint density at radius 1 is 1.58 bits per heavy atom. The van der Waals surface area contributed by atoms with Crippen molar-refractivity contribution >= 4 is 12.0 Å². The van der Waals surface area contributed by atoms with Gasteiger partial charge in [-0.25, -0.2) is 4.79 Å². The Balaban J connectivity index is 2.09. The highest BCUT2D eigenvalue weighted by Crippen LogP contribution is 2.31. The fourth-order valence-corrected chi connectivity index (χ4v) is 2.42. The van der Waals surface area contributed by atoms with Crippen LogP contribution in [0.2, 0.25) is 0 Å². The number of rotatable bonds is 5. The zero-order valence-electron chi connectivity index (χ0n) is 11.1. The Labute approximate surface area is 113 Å². The molecular formula is C15H19NO3. The van der Waals surface area contributed by atoms with Crippen molar-refractivity contribution in [3.05, 3.63) is 41.0 Å². The van der Waals surface area contributed by atoms with Gasteiger partial charge in [-0.1, -0.05) is 18.2 Å². The smallest absolute Gasteiger partial charge is 0.330 e. The number of aliphatic hydroxyl groups excluding tert-OH is 1. The van der Waals surface area contributed by atoms with E-state index in [-0.39, 0.29) is 12.6 Å². The normalized spacial score (nSPS) is 17.7. The van der Waals surface area contributed by atoms with Crippen LogP contribution in [0.1, 0.15) is 29.2 Å². The molecule has 0 heterocycles. The summed E-state index contributed by atoms with van der Waals surface area (Å²) < 4.78 is 4.57. The van der Waals surface area contributed by atoms with E-state index >= 15 is 0 Å². The minimum absolute atomic E-state index is 0.159. The van der Waals surface area contributed by atoms with Gasteiger partial charge in [0, 0.05) is 18.7 Å². The molecule has 0 aromatic heterocycles. The number of aliphatic hydroxyl groups is 1. The standard InChI is InChI=1S/C15H19NO3/c1-19-15(18)7-3-11-2-5-13-12(10-11)4-6-14(13)16-8-9-17/h2-3,5,7,10,14,16-17H,4,6,8-9H2,1H3/b7-3+. The van der Waals surface area contributed by atoms with E-state index in [4.69, 9.17) is 5.11 Å². The molecule has 1 aromatic carbocycles. The fraction of sp³-hybridized carbons (Fsp3) is 0.400. The number of ether oxygens (including phenoxy) is 1. The van der Waals surface area contributed by atoms with Crippen molar-refractivity contribution in [3.8, 4) is 0 Å². The second kappa shape index (κ2) is 6.50. The lowest BCUT2D eigenvalue weighted by atomic mass is 10.0. The second-order valence-corrected chi connectivity index (χ2v) is 4.58. The van der Waals surface area contributed by atoms with Crippen LogP contribution in [0.25, 0.3) is 6.08 Å². The van der Waals surface area contributed by atoms with Crippen molar-refractivity contribution in [2.24, 2.45) is 0 Å². The summed E-state index contributed by atoms with van der Waals surface area (Å²) in [6.45, 7) is 0.778. The highest BCUT2D eigenvalue weighted by molar-refractivity contribution is 5.86. The molecule has 1 aliphatic carbocycles. The highest BCUT2D eigenvalue weighted by atomic mass is 16.5. The SMILES string of the molecule is COC(=O)/C=C/c1ccc2c(c1)CCC2NCCO. The molecule has 0 aliphatic heterocycles. The van der Waals surface area contributed by atoms with Gasteiger partial charge in [-0.05, 0) is 35.6 Å². The molecule has 2 N–H and O–H groups in total. The van der Waals surface area contributed by atoms with Crippen LogP contribution in [-0.4, -0.2) is 31.3 Å². The number of hydrogen-bond donors (Lipinski definition) is 2. The molecule has 0 saturated heterocycles. The molecule has 19 heavy (non-hydrogen) atoms. The number of methoxy groups -OCH3 is 1. The Morgan fingerprint density at radius 3 is 3.16 bits per heavy atom. The Bertz CT molecular complexity index is 482. The van der Waals surface area contributed by atoms with Crippen LogP contribution in [-0.2, 0) is 16.0 Å². The first-order valence-electron chi connectivity index (χ1n) is 6.47. The summed E-state index contributed by atoms with van der Waals surface area (Å²) in [5.41, 5.74) is 3.61. The molecule has 2 rings (SSSR count). The van der Waals surface area contributed by atoms with Gasteiger partial charge in [0.1, 0.15) is 0 Å². The van der Waals surface area contributed by atoms with Gasteiger partial charge in [0.15, 0.2) is 0 Å². The fourth-order valence-electron chi connectivity index (χ4n) is 2.42. The number of hydrogen-bond acceptors (Lipinski definition) is 4. The van der Waals surface area contributed by atoms with Gasteiger partial charge in [0.05, 0.1) is 13.7 Å². The van der Waals surface area contributed by atoms with Crippen LogP contribution in [0.3, 0.4) is 0 Å². The largest absolute Gasteiger partial charge is 0.466 e. The number of benzene rings is 1. The van der Waals surface area contributed by atoms with Crippen molar-refractivity contribution in [1.29, 1.82) is 0 Å². The number of carbonyl (C=O) groups is 1. The van der Waals surface area contributed by atoms with E-state index in [1.54, 1.807) is 6.08 Å². The van der Waals surface area contributed by atoms with Gasteiger partial charge < -0.3 is 15.2 Å². The van der Waals surface area contributed by atoms with E-state index in [2.05, 4.69) is 22.2 Å². The summed E-state index contributed by atoms with van der Waals surface area (Å²) in [5.74, 6) is -0.344. The zero-order chi connectivity index (χ0) is 13.7. The number of aryl methyl sites for hydroxylation is 1. The summed E-state index contributed by atoms with van der Waals surface area (Å²) >= 11 is 0. The molecule has 0 amide bonds. The number of carbonyl (C=O) groups excluding carboxylic acids is 1. The maximum atomic E-state index is 11.0. The molecular weight excluding hydrogens is 242 g/mol. The Morgan fingerprint density at radius 2 is 2.42 bits per heavy atom. The maximum Gasteiger partial charge on any atom is 0.330 e. The van der Waals surface area contributed by atoms with Gasteiger partial charge in [0.2, 0.25) is 0 Å². The third-order valence-corrected chi connectivity index (χ3v) is 3.36. The summed E-state index contributed by atoms with van der Waals surface area (Å²) in [6.07, 6.45) is 5.27. The van der Waals surface area contributed by atoms with Crippen molar-refractivity contribution in [3.63, 3.8) is 0 Å². The first-order chi connectivity index (χ1) is 9.24. The molecule has 1 aliphatic rings. The van der Waals surface area contributed by atoms with E-state index in [9.17, 15) is 4.79 Å². The van der Waals surface area contributed by atoms with Gasteiger partial charge >= 0.3 is 5.97 Å². The summed E-state index contributed by atoms with van der Waals surface area (Å²) in [7, 11) is 1.37. The minimum Gasteiger partial charge on any atom is -0.466 e. The third-order valence-electron chi connectivity index (χ3n) is 3.36. The zero-order valence-corrected chi connectivity index (χ0v) is 11.1. The lowest BCUT2D eigenvalue weighted by Crippen LogP contribution is -2.22. The van der Waals surface area contributed by atoms with E-state index in [0.717, 1.165) is 18.4 Å². The third kappa shape index (κ3) is 3.43. The number of esters is 1. The summed E-state index contributed by atoms with van der Waals surface area (Å²) in [4.78, 5) is 11.0. The molecule has 1 unspecified atom stereocenters. The first-order valence-corrected chi connectivity index (χ1v) is 6.47. The van der Waals surface area contributed by atoms with Crippen LogP contribution >= 0.6 is 0 Å². The van der Waals surface area contributed by atoms with E-state index < -0.39 is 0 Å². The first kappa shape index (κ1) is 13.8. The summed E-state index contributed by atoms with van der Waals surface area (Å²) in [6, 6.07) is 6.53. The molecule has 0 bridgehead atoms. The van der Waals surface area contributed by atoms with Crippen LogP contribution < -0.4 is 5.32 Å². The van der Waals surface area contributed by atoms with Gasteiger partial charge in [0.25, 0.3) is 0 Å². The van der Waals surface area contributed by atoms with Gasteiger partial charge in [-0.2, -0.15) is 0 Å². The predicted octanol–water partition coefficient (Wildman–Crippen LogP) is 1.44. The van der Waals surface area contributed by atoms with Gasteiger partial charge in [-0.15, -0.1) is 0 Å². The Kier molecular flexibility index (Phi) is 4.71. The van der Waals surface area contributed by atoms with E-state index in [1.165, 1.54) is 24.3 Å².